The van der Waals surface area contributed by atoms with E-state index in [0.29, 0.717) is 5.75 Å². The number of methoxy groups -OCH3 is 1. The number of fused-ring (bicyclic) bond motifs is 2. The summed E-state index contributed by atoms with van der Waals surface area (Å²) in [5.74, 6) is -0.540. The highest BCUT2D eigenvalue weighted by Crippen LogP contribution is 2.36. The Bertz CT molecular complexity index is 1790. The Morgan fingerprint density at radius 1 is 0.951 bits per heavy atom. The van der Waals surface area contributed by atoms with E-state index >= 15 is 0 Å². The van der Waals surface area contributed by atoms with Crippen molar-refractivity contribution in [3.63, 3.8) is 0 Å². The molecule has 0 bridgehead atoms. The summed E-state index contributed by atoms with van der Waals surface area (Å²) in [6.45, 7) is 4.78. The van der Waals surface area contributed by atoms with Gasteiger partial charge in [-0.05, 0) is 75.4 Å². The second-order valence-electron chi connectivity index (χ2n) is 10.3. The van der Waals surface area contributed by atoms with Gasteiger partial charge in [0.2, 0.25) is 0 Å². The molecule has 1 aromatic heterocycles. The van der Waals surface area contributed by atoms with E-state index in [4.69, 9.17) is 21.1 Å². The number of hydrogen-bond acceptors (Lipinski definition) is 7. The van der Waals surface area contributed by atoms with Gasteiger partial charge in [-0.2, -0.15) is 0 Å². The van der Waals surface area contributed by atoms with E-state index < -0.39 is 33.5 Å². The van der Waals surface area contributed by atoms with Gasteiger partial charge in [-0.1, -0.05) is 23.7 Å². The van der Waals surface area contributed by atoms with Crippen molar-refractivity contribution in [1.82, 2.24) is 9.47 Å². The standard InChI is InChI=1S/C29H26ClN3O7S/c1-29(2,3)40-28(36)33-17(16-32-26(34)20-7-5-6-8-21(20)27(32)35)15-22-24(14-13-23(30)25(22)33)31-41(37,38)19-11-9-18(39-4)10-12-19/h5-15,31H,16H2,1-4H3. The van der Waals surface area contributed by atoms with E-state index in [1.54, 1.807) is 45.0 Å². The fourth-order valence-corrected chi connectivity index (χ4v) is 5.88. The van der Waals surface area contributed by atoms with Gasteiger partial charge in [-0.15, -0.1) is 0 Å². The number of carbonyl (C=O) groups excluding carboxylic acids is 3. The van der Waals surface area contributed by atoms with Crippen LogP contribution >= 0.6 is 11.6 Å². The van der Waals surface area contributed by atoms with Gasteiger partial charge in [0.25, 0.3) is 21.8 Å². The summed E-state index contributed by atoms with van der Waals surface area (Å²) >= 11 is 6.56. The lowest BCUT2D eigenvalue weighted by atomic mass is 10.1. The monoisotopic (exact) mass is 595 g/mol. The summed E-state index contributed by atoms with van der Waals surface area (Å²) in [6, 6.07) is 16.7. The van der Waals surface area contributed by atoms with Crippen molar-refractivity contribution in [3.8, 4) is 5.75 Å². The van der Waals surface area contributed by atoms with Crippen molar-refractivity contribution in [2.24, 2.45) is 0 Å². The lowest BCUT2D eigenvalue weighted by Gasteiger charge is -2.22. The molecular weight excluding hydrogens is 570 g/mol. The molecule has 4 aromatic rings. The predicted octanol–water partition coefficient (Wildman–Crippen LogP) is 5.68. The van der Waals surface area contributed by atoms with Crippen molar-refractivity contribution in [1.29, 1.82) is 0 Å². The highest BCUT2D eigenvalue weighted by molar-refractivity contribution is 7.92. The summed E-state index contributed by atoms with van der Waals surface area (Å²) in [7, 11) is -2.59. The zero-order valence-corrected chi connectivity index (χ0v) is 24.2. The van der Waals surface area contributed by atoms with Crippen LogP contribution in [0.2, 0.25) is 5.02 Å². The van der Waals surface area contributed by atoms with Crippen molar-refractivity contribution in [2.45, 2.75) is 37.8 Å². The zero-order chi connectivity index (χ0) is 29.7. The van der Waals surface area contributed by atoms with Crippen LogP contribution in [-0.4, -0.2) is 48.5 Å². The molecule has 10 nitrogen and oxygen atoms in total. The number of sulfonamides is 1. The van der Waals surface area contributed by atoms with Crippen molar-refractivity contribution in [2.75, 3.05) is 11.8 Å². The first-order valence-corrected chi connectivity index (χ1v) is 14.3. The summed E-state index contributed by atoms with van der Waals surface area (Å²) in [5, 5.41) is 0.402. The third-order valence-electron chi connectivity index (χ3n) is 6.38. The van der Waals surface area contributed by atoms with E-state index in [0.717, 1.165) is 9.47 Å². The maximum absolute atomic E-state index is 13.5. The van der Waals surface area contributed by atoms with Crippen LogP contribution in [0.15, 0.2) is 71.6 Å². The third-order valence-corrected chi connectivity index (χ3v) is 8.06. The van der Waals surface area contributed by atoms with Crippen LogP contribution in [0.5, 0.6) is 5.75 Å². The fraction of sp³-hybridized carbons (Fsp3) is 0.207. The topological polar surface area (TPSA) is 124 Å². The van der Waals surface area contributed by atoms with E-state index in [9.17, 15) is 22.8 Å². The Balaban J connectivity index is 1.62. The van der Waals surface area contributed by atoms with E-state index in [-0.39, 0.29) is 49.9 Å². The second-order valence-corrected chi connectivity index (χ2v) is 12.4. The van der Waals surface area contributed by atoms with Crippen molar-refractivity contribution >= 4 is 56.1 Å². The molecule has 0 atom stereocenters. The van der Waals surface area contributed by atoms with Gasteiger partial charge >= 0.3 is 6.09 Å². The summed E-state index contributed by atoms with van der Waals surface area (Å²) in [6.07, 6.45) is -0.809. The summed E-state index contributed by atoms with van der Waals surface area (Å²) in [5.41, 5.74) is 0.0997. The lowest BCUT2D eigenvalue weighted by Crippen LogP contribution is -2.32. The molecule has 0 radical (unpaired) electrons. The summed E-state index contributed by atoms with van der Waals surface area (Å²) < 4.78 is 41.0. The molecule has 212 valence electrons. The molecule has 0 aliphatic carbocycles. The number of carbonyl (C=O) groups is 3. The van der Waals surface area contributed by atoms with Gasteiger partial charge in [-0.25, -0.2) is 17.8 Å². The molecule has 5 rings (SSSR count). The number of hydrogen-bond donors (Lipinski definition) is 1. The van der Waals surface area contributed by atoms with Crippen molar-refractivity contribution in [3.05, 3.63) is 88.6 Å². The van der Waals surface area contributed by atoms with Gasteiger partial charge in [0.05, 0.1) is 51.6 Å². The highest BCUT2D eigenvalue weighted by Gasteiger charge is 2.37. The quantitative estimate of drug-likeness (QED) is 0.284. The molecule has 0 spiro atoms. The number of benzene rings is 3. The minimum Gasteiger partial charge on any atom is -0.497 e. The minimum atomic E-state index is -4.06. The maximum Gasteiger partial charge on any atom is 0.419 e. The number of halogens is 1. The number of aromatic nitrogens is 1. The largest absolute Gasteiger partial charge is 0.497 e. The highest BCUT2D eigenvalue weighted by atomic mass is 35.5. The van der Waals surface area contributed by atoms with Crippen LogP contribution in [0.4, 0.5) is 10.5 Å². The van der Waals surface area contributed by atoms with Crippen LogP contribution < -0.4 is 9.46 Å². The smallest absolute Gasteiger partial charge is 0.419 e. The molecule has 1 N–H and O–H groups in total. The van der Waals surface area contributed by atoms with E-state index in [1.165, 1.54) is 49.6 Å². The van der Waals surface area contributed by atoms with Crippen LogP contribution in [0, 0.1) is 0 Å². The average molecular weight is 596 g/mol. The number of rotatable bonds is 6. The van der Waals surface area contributed by atoms with Gasteiger partial charge in [-0.3, -0.25) is 19.2 Å². The Labute approximate surface area is 241 Å². The molecule has 1 aliphatic rings. The maximum atomic E-state index is 13.5. The Morgan fingerprint density at radius 2 is 1.56 bits per heavy atom. The molecule has 2 heterocycles. The van der Waals surface area contributed by atoms with Gasteiger partial charge in [0.1, 0.15) is 11.4 Å². The molecule has 1 aliphatic heterocycles. The van der Waals surface area contributed by atoms with Crippen LogP contribution in [-0.2, 0) is 21.3 Å². The number of amides is 2. The third kappa shape index (κ3) is 5.25. The molecule has 41 heavy (non-hydrogen) atoms. The Hall–Kier alpha value is -4.35. The normalized spacial score (nSPS) is 13.4. The molecule has 0 saturated carbocycles. The van der Waals surface area contributed by atoms with Crippen molar-refractivity contribution < 1.29 is 32.3 Å². The van der Waals surface area contributed by atoms with Gasteiger partial charge in [0.15, 0.2) is 0 Å². The number of ether oxygens (including phenoxy) is 2. The van der Waals surface area contributed by atoms with E-state index in [1.807, 2.05) is 0 Å². The minimum absolute atomic E-state index is 0.0146. The molecule has 3 aromatic carbocycles. The number of imide groups is 1. The molecule has 0 fully saturated rings. The first-order chi connectivity index (χ1) is 19.3. The van der Waals surface area contributed by atoms with E-state index in [2.05, 4.69) is 4.72 Å². The molecule has 0 saturated heterocycles. The Morgan fingerprint density at radius 3 is 2.12 bits per heavy atom. The molecule has 0 unspecified atom stereocenters. The molecule has 12 heteroatoms. The Kier molecular flexibility index (Phi) is 7.04. The number of nitrogens with zero attached hydrogens (tertiary/aromatic N) is 2. The fourth-order valence-electron chi connectivity index (χ4n) is 4.55. The lowest BCUT2D eigenvalue weighted by molar-refractivity contribution is 0.0521. The summed E-state index contributed by atoms with van der Waals surface area (Å²) in [4.78, 5) is 40.7. The average Bonchev–Trinajstić information content (AvgIpc) is 3.42. The SMILES string of the molecule is COc1ccc(S(=O)(=O)Nc2ccc(Cl)c3c2cc(CN2C(=O)c4ccccc4C2=O)n3C(=O)OC(C)(C)C)cc1. The zero-order valence-electron chi connectivity index (χ0n) is 22.6. The molecular formula is C29H26ClN3O7S. The van der Waals surface area contributed by atoms with Gasteiger partial charge in [0, 0.05) is 5.39 Å². The second kappa shape index (κ2) is 10.2. The predicted molar refractivity (Wildman–Crippen MR) is 153 cm³/mol. The van der Waals surface area contributed by atoms with Gasteiger partial charge < -0.3 is 9.47 Å². The van der Waals surface area contributed by atoms with Crippen LogP contribution in [0.3, 0.4) is 0 Å². The van der Waals surface area contributed by atoms with Crippen LogP contribution in [0.1, 0.15) is 47.2 Å². The first kappa shape index (κ1) is 28.2. The molecule has 2 amide bonds. The first-order valence-electron chi connectivity index (χ1n) is 12.5. The number of anilines is 1. The number of nitrogens with one attached hydrogen (secondary N) is 1. The van der Waals surface area contributed by atoms with Crippen LogP contribution in [0.25, 0.3) is 10.9 Å².